The van der Waals surface area contributed by atoms with E-state index in [0.29, 0.717) is 5.92 Å². The van der Waals surface area contributed by atoms with Gasteiger partial charge in [-0.1, -0.05) is 19.3 Å². The summed E-state index contributed by atoms with van der Waals surface area (Å²) in [4.78, 5) is 0. The summed E-state index contributed by atoms with van der Waals surface area (Å²) in [6, 6.07) is 0. The van der Waals surface area contributed by atoms with Gasteiger partial charge in [0.25, 0.3) is 0 Å². The van der Waals surface area contributed by atoms with Crippen molar-refractivity contribution in [1.29, 1.82) is 0 Å². The molecule has 82 valence electrons. The molecule has 0 heterocycles. The quantitative estimate of drug-likeness (QED) is 0.710. The van der Waals surface area contributed by atoms with Gasteiger partial charge >= 0.3 is 0 Å². The van der Waals surface area contributed by atoms with E-state index in [0.717, 1.165) is 18.9 Å². The number of hydrogen-bond donors (Lipinski definition) is 1. The van der Waals surface area contributed by atoms with Crippen LogP contribution in [0.25, 0.3) is 0 Å². The Bertz CT molecular complexity index is 173. The third kappa shape index (κ3) is 2.48. The normalized spacial score (nSPS) is 27.0. The summed E-state index contributed by atoms with van der Waals surface area (Å²) in [7, 11) is 0. The molecule has 0 saturated heterocycles. The molecule has 0 radical (unpaired) electrons. The standard InChI is InChI=1S/C12H22O2/c1-2-14-12(10-6-7-10)11(13)8-9-4-3-5-9/h9-13H,2-8H2,1H3. The van der Waals surface area contributed by atoms with Gasteiger partial charge in [-0.15, -0.1) is 0 Å². The smallest absolute Gasteiger partial charge is 0.0861 e. The first-order valence-corrected chi connectivity index (χ1v) is 6.11. The third-order valence-electron chi connectivity index (χ3n) is 3.62. The number of hydrogen-bond acceptors (Lipinski definition) is 2. The summed E-state index contributed by atoms with van der Waals surface area (Å²) < 4.78 is 5.65. The van der Waals surface area contributed by atoms with E-state index in [4.69, 9.17) is 4.74 Å². The monoisotopic (exact) mass is 198 g/mol. The van der Waals surface area contributed by atoms with E-state index >= 15 is 0 Å². The Labute approximate surface area is 86.6 Å². The molecular weight excluding hydrogens is 176 g/mol. The second kappa shape index (κ2) is 4.63. The van der Waals surface area contributed by atoms with Crippen molar-refractivity contribution < 1.29 is 9.84 Å². The molecule has 0 aromatic carbocycles. The van der Waals surface area contributed by atoms with Crippen LogP contribution in [0, 0.1) is 11.8 Å². The number of ether oxygens (including phenoxy) is 1. The van der Waals surface area contributed by atoms with Gasteiger partial charge in [0.15, 0.2) is 0 Å². The fourth-order valence-electron chi connectivity index (χ4n) is 2.38. The van der Waals surface area contributed by atoms with Crippen LogP contribution in [-0.2, 0) is 4.74 Å². The average Bonchev–Trinajstić information content (AvgIpc) is 2.90. The summed E-state index contributed by atoms with van der Waals surface area (Å²) in [5.41, 5.74) is 0. The molecule has 2 heteroatoms. The number of aliphatic hydroxyl groups excluding tert-OH is 1. The highest BCUT2D eigenvalue weighted by Crippen LogP contribution is 2.39. The number of rotatable bonds is 6. The molecular formula is C12H22O2. The van der Waals surface area contributed by atoms with Crippen molar-refractivity contribution in [2.24, 2.45) is 11.8 Å². The zero-order chi connectivity index (χ0) is 9.97. The van der Waals surface area contributed by atoms with Crippen molar-refractivity contribution in [1.82, 2.24) is 0 Å². The molecule has 0 aromatic heterocycles. The maximum absolute atomic E-state index is 10.1. The Kier molecular flexibility index (Phi) is 3.45. The zero-order valence-electron chi connectivity index (χ0n) is 9.11. The molecule has 2 unspecified atom stereocenters. The minimum Gasteiger partial charge on any atom is -0.390 e. The molecule has 2 saturated carbocycles. The van der Waals surface area contributed by atoms with Gasteiger partial charge in [0.2, 0.25) is 0 Å². The third-order valence-corrected chi connectivity index (χ3v) is 3.62. The molecule has 0 aromatic rings. The van der Waals surface area contributed by atoms with Crippen molar-refractivity contribution in [3.63, 3.8) is 0 Å². The lowest BCUT2D eigenvalue weighted by Gasteiger charge is -2.31. The van der Waals surface area contributed by atoms with Crippen molar-refractivity contribution in [3.05, 3.63) is 0 Å². The summed E-state index contributed by atoms with van der Waals surface area (Å²) >= 11 is 0. The highest BCUT2D eigenvalue weighted by Gasteiger charge is 2.37. The fraction of sp³-hybridized carbons (Fsp3) is 1.00. The molecule has 0 aliphatic heterocycles. The van der Waals surface area contributed by atoms with E-state index < -0.39 is 0 Å². The van der Waals surface area contributed by atoms with Crippen LogP contribution >= 0.6 is 0 Å². The maximum atomic E-state index is 10.1. The minimum absolute atomic E-state index is 0.139. The average molecular weight is 198 g/mol. The Morgan fingerprint density at radius 1 is 1.29 bits per heavy atom. The van der Waals surface area contributed by atoms with Gasteiger partial charge in [-0.05, 0) is 38.0 Å². The molecule has 0 bridgehead atoms. The first-order chi connectivity index (χ1) is 6.81. The van der Waals surface area contributed by atoms with Crippen molar-refractivity contribution in [2.75, 3.05) is 6.61 Å². The van der Waals surface area contributed by atoms with E-state index in [2.05, 4.69) is 0 Å². The van der Waals surface area contributed by atoms with Gasteiger partial charge in [-0.25, -0.2) is 0 Å². The molecule has 2 aliphatic rings. The Morgan fingerprint density at radius 2 is 2.00 bits per heavy atom. The van der Waals surface area contributed by atoms with Crippen molar-refractivity contribution in [3.8, 4) is 0 Å². The second-order valence-corrected chi connectivity index (χ2v) is 4.86. The lowest BCUT2D eigenvalue weighted by atomic mass is 9.80. The molecule has 0 spiro atoms. The lowest BCUT2D eigenvalue weighted by molar-refractivity contribution is -0.0574. The Hall–Kier alpha value is -0.0800. The fourth-order valence-corrected chi connectivity index (χ4v) is 2.38. The van der Waals surface area contributed by atoms with Crippen molar-refractivity contribution >= 4 is 0 Å². The van der Waals surface area contributed by atoms with E-state index in [1.165, 1.54) is 32.1 Å². The SMILES string of the molecule is CCOC(C(O)CC1CCC1)C1CC1. The molecule has 1 N–H and O–H groups in total. The van der Waals surface area contributed by atoms with Crippen LogP contribution in [0.5, 0.6) is 0 Å². The first kappa shape index (κ1) is 10.4. The summed E-state index contributed by atoms with van der Waals surface area (Å²) in [5.74, 6) is 1.44. The molecule has 2 fully saturated rings. The minimum atomic E-state index is -0.201. The van der Waals surface area contributed by atoms with Crippen molar-refractivity contribution in [2.45, 2.75) is 57.7 Å². The summed E-state index contributed by atoms with van der Waals surface area (Å²) in [5, 5.41) is 10.1. The second-order valence-electron chi connectivity index (χ2n) is 4.86. The van der Waals surface area contributed by atoms with E-state index in [1.54, 1.807) is 0 Å². The largest absolute Gasteiger partial charge is 0.390 e. The molecule has 2 aliphatic carbocycles. The number of aliphatic hydroxyl groups is 1. The van der Waals surface area contributed by atoms with Crippen LogP contribution < -0.4 is 0 Å². The summed E-state index contributed by atoms with van der Waals surface area (Å²) in [6.07, 6.45) is 7.43. The van der Waals surface area contributed by atoms with Crippen LogP contribution in [0.1, 0.15) is 45.4 Å². The lowest BCUT2D eigenvalue weighted by Crippen LogP contribution is -2.34. The molecule has 14 heavy (non-hydrogen) atoms. The predicted molar refractivity (Wildman–Crippen MR) is 56.1 cm³/mol. The van der Waals surface area contributed by atoms with Gasteiger partial charge in [0.05, 0.1) is 12.2 Å². The molecule has 0 amide bonds. The van der Waals surface area contributed by atoms with Gasteiger partial charge in [-0.3, -0.25) is 0 Å². The molecule has 2 atom stereocenters. The van der Waals surface area contributed by atoms with Gasteiger partial charge < -0.3 is 9.84 Å². The molecule has 2 nitrogen and oxygen atoms in total. The van der Waals surface area contributed by atoms with E-state index in [-0.39, 0.29) is 12.2 Å². The predicted octanol–water partition coefficient (Wildman–Crippen LogP) is 2.35. The summed E-state index contributed by atoms with van der Waals surface area (Å²) in [6.45, 7) is 2.76. The zero-order valence-corrected chi connectivity index (χ0v) is 9.11. The van der Waals surface area contributed by atoms with Crippen LogP contribution in [-0.4, -0.2) is 23.9 Å². The highest BCUT2D eigenvalue weighted by molar-refractivity contribution is 4.88. The van der Waals surface area contributed by atoms with Gasteiger partial charge in [0, 0.05) is 6.61 Å². The highest BCUT2D eigenvalue weighted by atomic mass is 16.5. The van der Waals surface area contributed by atoms with Crippen LogP contribution in [0.3, 0.4) is 0 Å². The van der Waals surface area contributed by atoms with Crippen LogP contribution in [0.15, 0.2) is 0 Å². The Balaban J connectivity index is 1.76. The van der Waals surface area contributed by atoms with Crippen LogP contribution in [0.2, 0.25) is 0 Å². The topological polar surface area (TPSA) is 29.5 Å². The maximum Gasteiger partial charge on any atom is 0.0861 e. The molecule has 2 rings (SSSR count). The Morgan fingerprint density at radius 3 is 2.43 bits per heavy atom. The van der Waals surface area contributed by atoms with Gasteiger partial charge in [0.1, 0.15) is 0 Å². The van der Waals surface area contributed by atoms with Gasteiger partial charge in [-0.2, -0.15) is 0 Å². The van der Waals surface area contributed by atoms with E-state index in [9.17, 15) is 5.11 Å². The van der Waals surface area contributed by atoms with Crippen LogP contribution in [0.4, 0.5) is 0 Å². The van der Waals surface area contributed by atoms with E-state index in [1.807, 2.05) is 6.92 Å². The first-order valence-electron chi connectivity index (χ1n) is 6.11.